The Morgan fingerprint density at radius 2 is 1.93 bits per heavy atom. The van der Waals surface area contributed by atoms with Gasteiger partial charge >= 0.3 is 6.18 Å². The lowest BCUT2D eigenvalue weighted by atomic mass is 10.1. The molecule has 1 rings (SSSR count). The van der Waals surface area contributed by atoms with E-state index in [0.29, 0.717) is 6.42 Å². The number of benzene rings is 1. The highest BCUT2D eigenvalue weighted by atomic mass is 79.9. The summed E-state index contributed by atoms with van der Waals surface area (Å²) in [5, 5.41) is 0.996. The molecular weight excluding hydrogens is 292 g/mol. The van der Waals surface area contributed by atoms with Crippen LogP contribution in [0.4, 0.5) is 13.2 Å². The van der Waals surface area contributed by atoms with E-state index >= 15 is 0 Å². The van der Waals surface area contributed by atoms with Crippen LogP contribution in [0.15, 0.2) is 18.2 Å². The Balaban J connectivity index is 2.88. The van der Waals surface area contributed by atoms with Crippen LogP contribution < -0.4 is 0 Å². The molecule has 0 aromatic heterocycles. The van der Waals surface area contributed by atoms with E-state index in [1.165, 1.54) is 6.07 Å². The van der Waals surface area contributed by atoms with Gasteiger partial charge in [-0.1, -0.05) is 33.6 Å². The number of alkyl halides is 4. The van der Waals surface area contributed by atoms with Crippen molar-refractivity contribution in [2.45, 2.75) is 19.0 Å². The third kappa shape index (κ3) is 3.68. The van der Waals surface area contributed by atoms with E-state index in [0.717, 1.165) is 29.4 Å². The van der Waals surface area contributed by atoms with Crippen LogP contribution in [0.25, 0.3) is 0 Å². The summed E-state index contributed by atoms with van der Waals surface area (Å²) in [7, 11) is 0. The van der Waals surface area contributed by atoms with E-state index in [2.05, 4.69) is 15.9 Å². The molecule has 5 heteroatoms. The molecule has 0 radical (unpaired) electrons. The second-order valence-electron chi connectivity index (χ2n) is 3.10. The molecule has 0 fully saturated rings. The van der Waals surface area contributed by atoms with Crippen LogP contribution >= 0.6 is 27.5 Å². The molecule has 0 amide bonds. The van der Waals surface area contributed by atoms with Crippen LogP contribution in [0, 0.1) is 0 Å². The Kier molecular flexibility index (Phi) is 4.46. The highest BCUT2D eigenvalue weighted by Crippen LogP contribution is 2.32. The first-order valence-corrected chi connectivity index (χ1v) is 5.86. The molecule has 0 unspecified atom stereocenters. The quantitative estimate of drug-likeness (QED) is 0.711. The Morgan fingerprint density at radius 1 is 1.27 bits per heavy atom. The summed E-state index contributed by atoms with van der Waals surface area (Å²) in [5.74, 6) is 0. The zero-order chi connectivity index (χ0) is 11.5. The van der Waals surface area contributed by atoms with E-state index in [4.69, 9.17) is 11.6 Å². The van der Waals surface area contributed by atoms with E-state index in [9.17, 15) is 13.2 Å². The van der Waals surface area contributed by atoms with Crippen molar-refractivity contribution in [2.24, 2.45) is 0 Å². The maximum atomic E-state index is 12.3. The normalized spacial score (nSPS) is 11.8. The molecule has 0 bridgehead atoms. The number of halogens is 5. The first-order valence-electron chi connectivity index (χ1n) is 4.36. The second kappa shape index (κ2) is 5.21. The van der Waals surface area contributed by atoms with Gasteiger partial charge in [-0.2, -0.15) is 13.2 Å². The van der Waals surface area contributed by atoms with Crippen LogP contribution in [0.2, 0.25) is 5.02 Å². The third-order valence-electron chi connectivity index (χ3n) is 1.96. The summed E-state index contributed by atoms with van der Waals surface area (Å²) in [6.07, 6.45) is -2.79. The minimum absolute atomic E-state index is 0.186. The Bertz CT molecular complexity index is 336. The minimum atomic E-state index is -4.32. The molecule has 0 heterocycles. The molecule has 0 spiro atoms. The smallest absolute Gasteiger partial charge is 0.166 e. The summed E-state index contributed by atoms with van der Waals surface area (Å²) in [6, 6.07) is 3.48. The van der Waals surface area contributed by atoms with Crippen LogP contribution in [-0.4, -0.2) is 5.33 Å². The monoisotopic (exact) mass is 300 g/mol. The second-order valence-corrected chi connectivity index (χ2v) is 4.30. The van der Waals surface area contributed by atoms with Crippen molar-refractivity contribution in [3.05, 3.63) is 34.3 Å². The van der Waals surface area contributed by atoms with Gasteiger partial charge in [-0.15, -0.1) is 0 Å². The lowest BCUT2D eigenvalue weighted by Crippen LogP contribution is -2.05. The molecule has 1 aromatic rings. The number of aryl methyl sites for hydroxylation is 1. The summed E-state index contributed by atoms with van der Waals surface area (Å²) in [5.41, 5.74) is 0.0548. The van der Waals surface area contributed by atoms with Crippen molar-refractivity contribution in [2.75, 3.05) is 5.33 Å². The van der Waals surface area contributed by atoms with Crippen molar-refractivity contribution in [3.8, 4) is 0 Å². The van der Waals surface area contributed by atoms with Gasteiger partial charge in [-0.25, -0.2) is 0 Å². The average Bonchev–Trinajstić information content (AvgIpc) is 2.14. The molecule has 15 heavy (non-hydrogen) atoms. The summed E-state index contributed by atoms with van der Waals surface area (Å²) in [4.78, 5) is 0. The third-order valence-corrected chi connectivity index (χ3v) is 2.87. The first kappa shape index (κ1) is 12.8. The zero-order valence-electron chi connectivity index (χ0n) is 7.74. The molecule has 1 aromatic carbocycles. The first-order chi connectivity index (χ1) is 6.95. The topological polar surface area (TPSA) is 0 Å². The standard InChI is InChI=1S/C10H9BrClF3/c11-5-1-2-7-3-4-8(6-9(7)12)10(13,14)15/h3-4,6H,1-2,5H2. The van der Waals surface area contributed by atoms with Gasteiger partial charge in [0.25, 0.3) is 0 Å². The fourth-order valence-corrected chi connectivity index (χ4v) is 1.74. The Morgan fingerprint density at radius 3 is 2.40 bits per heavy atom. The molecule has 0 nitrogen and oxygen atoms in total. The summed E-state index contributed by atoms with van der Waals surface area (Å²) in [6.45, 7) is 0. The summed E-state index contributed by atoms with van der Waals surface area (Å²) >= 11 is 9.01. The van der Waals surface area contributed by atoms with Gasteiger partial charge in [-0.3, -0.25) is 0 Å². The van der Waals surface area contributed by atoms with Crippen LogP contribution in [0.1, 0.15) is 17.5 Å². The van der Waals surface area contributed by atoms with Gasteiger partial charge in [0, 0.05) is 10.4 Å². The van der Waals surface area contributed by atoms with Gasteiger partial charge in [0.15, 0.2) is 0 Å². The number of rotatable bonds is 3. The highest BCUT2D eigenvalue weighted by Gasteiger charge is 2.30. The Labute approximate surface area is 99.6 Å². The molecule has 84 valence electrons. The lowest BCUT2D eigenvalue weighted by molar-refractivity contribution is -0.137. The maximum absolute atomic E-state index is 12.3. The average molecular weight is 302 g/mol. The van der Waals surface area contributed by atoms with E-state index in [-0.39, 0.29) is 5.02 Å². The molecule has 0 N–H and O–H groups in total. The van der Waals surface area contributed by atoms with Gasteiger partial charge < -0.3 is 0 Å². The number of hydrogen-bond donors (Lipinski definition) is 0. The molecule has 0 aliphatic carbocycles. The van der Waals surface area contributed by atoms with E-state index in [1.54, 1.807) is 0 Å². The van der Waals surface area contributed by atoms with Crippen molar-refractivity contribution in [1.29, 1.82) is 0 Å². The van der Waals surface area contributed by atoms with Crippen LogP contribution in [0.3, 0.4) is 0 Å². The highest BCUT2D eigenvalue weighted by molar-refractivity contribution is 9.09. The fourth-order valence-electron chi connectivity index (χ4n) is 1.18. The van der Waals surface area contributed by atoms with Crippen LogP contribution in [0.5, 0.6) is 0 Å². The maximum Gasteiger partial charge on any atom is 0.416 e. The fraction of sp³-hybridized carbons (Fsp3) is 0.400. The summed E-state index contributed by atoms with van der Waals surface area (Å²) < 4.78 is 36.9. The van der Waals surface area contributed by atoms with Crippen molar-refractivity contribution in [3.63, 3.8) is 0 Å². The molecule has 0 aliphatic heterocycles. The molecular formula is C10H9BrClF3. The van der Waals surface area contributed by atoms with Gasteiger partial charge in [0.05, 0.1) is 5.56 Å². The van der Waals surface area contributed by atoms with Crippen molar-refractivity contribution >= 4 is 27.5 Å². The predicted octanol–water partition coefficient (Wildman–Crippen LogP) is 4.69. The predicted molar refractivity (Wildman–Crippen MR) is 58.6 cm³/mol. The minimum Gasteiger partial charge on any atom is -0.166 e. The molecule has 0 aliphatic rings. The molecule has 0 saturated heterocycles. The van der Waals surface area contributed by atoms with Crippen molar-refractivity contribution in [1.82, 2.24) is 0 Å². The van der Waals surface area contributed by atoms with Gasteiger partial charge in [0.1, 0.15) is 0 Å². The van der Waals surface area contributed by atoms with Gasteiger partial charge in [-0.05, 0) is 30.5 Å². The largest absolute Gasteiger partial charge is 0.416 e. The molecule has 0 atom stereocenters. The SMILES string of the molecule is FC(F)(F)c1ccc(CCCBr)c(Cl)c1. The number of hydrogen-bond acceptors (Lipinski definition) is 0. The molecule has 0 saturated carbocycles. The zero-order valence-corrected chi connectivity index (χ0v) is 10.1. The van der Waals surface area contributed by atoms with E-state index in [1.807, 2.05) is 0 Å². The van der Waals surface area contributed by atoms with Gasteiger partial charge in [0.2, 0.25) is 0 Å². The van der Waals surface area contributed by atoms with E-state index < -0.39 is 11.7 Å². The Hall–Kier alpha value is -0.220. The van der Waals surface area contributed by atoms with Crippen molar-refractivity contribution < 1.29 is 13.2 Å². The van der Waals surface area contributed by atoms with Crippen LogP contribution in [-0.2, 0) is 12.6 Å². The lowest BCUT2D eigenvalue weighted by Gasteiger charge is -2.09.